The second-order valence-corrected chi connectivity index (χ2v) is 6.53. The minimum atomic E-state index is -0.421. The average Bonchev–Trinajstić information content (AvgIpc) is 3.01. The Balaban J connectivity index is 2.14. The van der Waals surface area contributed by atoms with Gasteiger partial charge in [-0.2, -0.15) is 0 Å². The summed E-state index contributed by atoms with van der Waals surface area (Å²) in [6.07, 6.45) is 6.66. The van der Waals surface area contributed by atoms with Crippen molar-refractivity contribution in [1.29, 1.82) is 0 Å². The first-order valence-corrected chi connectivity index (χ1v) is 9.18. The largest absolute Gasteiger partial charge is 0.389 e. The van der Waals surface area contributed by atoms with Gasteiger partial charge in [0, 0.05) is 24.1 Å². The quantitative estimate of drug-likeness (QED) is 0.538. The molecule has 0 aliphatic rings. The van der Waals surface area contributed by atoms with E-state index in [1.807, 2.05) is 0 Å². The first-order valence-electron chi connectivity index (χ1n) is 8.30. The molecule has 4 heteroatoms. The maximum atomic E-state index is 9.98. The molecule has 122 valence electrons. The van der Waals surface area contributed by atoms with Crippen molar-refractivity contribution in [2.75, 3.05) is 19.8 Å². The van der Waals surface area contributed by atoms with Crippen LogP contribution < -0.4 is 5.32 Å². The maximum Gasteiger partial charge on any atom is 0.0897 e. The Kier molecular flexibility index (Phi) is 10.8. The Morgan fingerprint density at radius 1 is 1.24 bits per heavy atom. The lowest BCUT2D eigenvalue weighted by molar-refractivity contribution is 0.0340. The molecule has 0 fully saturated rings. The van der Waals surface area contributed by atoms with E-state index in [9.17, 15) is 5.11 Å². The Hall–Kier alpha value is -0.420. The Morgan fingerprint density at radius 2 is 2.10 bits per heavy atom. The van der Waals surface area contributed by atoms with E-state index in [0.29, 0.717) is 19.2 Å². The molecule has 2 N–H and O–H groups in total. The van der Waals surface area contributed by atoms with Gasteiger partial charge in [0.25, 0.3) is 0 Å². The van der Waals surface area contributed by atoms with Gasteiger partial charge in [-0.25, -0.2) is 0 Å². The Labute approximate surface area is 133 Å². The molecule has 0 bridgehead atoms. The first kappa shape index (κ1) is 18.6. The smallest absolute Gasteiger partial charge is 0.0897 e. The number of hydrogen-bond donors (Lipinski definition) is 2. The molecule has 0 aliphatic carbocycles. The summed E-state index contributed by atoms with van der Waals surface area (Å²) in [6.45, 7) is 6.19. The molecule has 1 aromatic heterocycles. The number of hydrogen-bond acceptors (Lipinski definition) is 4. The van der Waals surface area contributed by atoms with Crippen LogP contribution in [-0.2, 0) is 4.74 Å². The van der Waals surface area contributed by atoms with Gasteiger partial charge in [0.05, 0.1) is 12.7 Å². The molecular formula is C17H31NO2S. The Morgan fingerprint density at radius 3 is 2.76 bits per heavy atom. The minimum absolute atomic E-state index is 0.356. The van der Waals surface area contributed by atoms with E-state index in [4.69, 9.17) is 4.74 Å². The summed E-state index contributed by atoms with van der Waals surface area (Å²) in [5.74, 6) is 0. The third-order valence-electron chi connectivity index (χ3n) is 3.52. The first-order chi connectivity index (χ1) is 10.3. The van der Waals surface area contributed by atoms with E-state index in [0.717, 1.165) is 25.9 Å². The fraction of sp³-hybridized carbons (Fsp3) is 0.765. The zero-order valence-electron chi connectivity index (χ0n) is 13.5. The summed E-state index contributed by atoms with van der Waals surface area (Å²) in [5, 5.41) is 15.6. The molecule has 2 atom stereocenters. The van der Waals surface area contributed by atoms with Crippen LogP contribution in [-0.4, -0.2) is 31.0 Å². The number of aliphatic hydroxyl groups is 1. The summed E-state index contributed by atoms with van der Waals surface area (Å²) in [5.41, 5.74) is 0. The molecule has 0 amide bonds. The van der Waals surface area contributed by atoms with Crippen molar-refractivity contribution in [3.05, 3.63) is 22.4 Å². The van der Waals surface area contributed by atoms with E-state index < -0.39 is 6.10 Å². The highest BCUT2D eigenvalue weighted by atomic mass is 32.1. The average molecular weight is 314 g/mol. The fourth-order valence-corrected chi connectivity index (χ4v) is 3.15. The van der Waals surface area contributed by atoms with Gasteiger partial charge in [-0.3, -0.25) is 0 Å². The van der Waals surface area contributed by atoms with Crippen molar-refractivity contribution < 1.29 is 9.84 Å². The molecule has 1 aromatic rings. The fourth-order valence-electron chi connectivity index (χ4n) is 2.31. The van der Waals surface area contributed by atoms with Crippen molar-refractivity contribution in [1.82, 2.24) is 5.32 Å². The molecule has 21 heavy (non-hydrogen) atoms. The van der Waals surface area contributed by atoms with Crippen LogP contribution in [0.2, 0.25) is 0 Å². The number of unbranched alkanes of at least 4 members (excludes halogenated alkanes) is 3. The Bertz CT molecular complexity index is 330. The van der Waals surface area contributed by atoms with Crippen LogP contribution in [0.15, 0.2) is 17.5 Å². The monoisotopic (exact) mass is 313 g/mol. The predicted octanol–water partition coefficient (Wildman–Crippen LogP) is 4.14. The summed E-state index contributed by atoms with van der Waals surface area (Å²) in [4.78, 5) is 1.35. The van der Waals surface area contributed by atoms with Gasteiger partial charge < -0.3 is 15.2 Å². The van der Waals surface area contributed by atoms with Crippen LogP contribution >= 0.6 is 11.3 Å². The topological polar surface area (TPSA) is 41.5 Å². The summed E-state index contributed by atoms with van der Waals surface area (Å²) in [7, 11) is 0. The van der Waals surface area contributed by atoms with Crippen LogP contribution in [0.5, 0.6) is 0 Å². The molecule has 1 rings (SSSR count). The van der Waals surface area contributed by atoms with Gasteiger partial charge in [0.1, 0.15) is 0 Å². The van der Waals surface area contributed by atoms with Crippen LogP contribution in [0.3, 0.4) is 0 Å². The van der Waals surface area contributed by atoms with Gasteiger partial charge in [-0.1, -0.05) is 45.6 Å². The second-order valence-electron chi connectivity index (χ2n) is 5.55. The standard InChI is InChI=1S/C17H31NO2S/c1-3-5-6-7-11-20-14-15(19)13-18-16(9-4-2)17-10-8-12-21-17/h8,10,12,15-16,18-19H,3-7,9,11,13-14H2,1-2H3. The van der Waals surface area contributed by atoms with Crippen molar-refractivity contribution in [2.24, 2.45) is 0 Å². The molecule has 1 heterocycles. The van der Waals surface area contributed by atoms with Gasteiger partial charge in [-0.05, 0) is 24.3 Å². The molecule has 2 unspecified atom stereocenters. The lowest BCUT2D eigenvalue weighted by Gasteiger charge is -2.19. The number of rotatable bonds is 13. The molecule has 0 aliphatic heterocycles. The molecule has 0 radical (unpaired) electrons. The lowest BCUT2D eigenvalue weighted by atomic mass is 10.1. The van der Waals surface area contributed by atoms with E-state index in [-0.39, 0.29) is 0 Å². The lowest BCUT2D eigenvalue weighted by Crippen LogP contribution is -2.33. The van der Waals surface area contributed by atoms with Crippen LogP contribution in [0.1, 0.15) is 63.3 Å². The highest BCUT2D eigenvalue weighted by molar-refractivity contribution is 7.10. The van der Waals surface area contributed by atoms with Gasteiger partial charge in [-0.15, -0.1) is 11.3 Å². The van der Waals surface area contributed by atoms with Crippen molar-refractivity contribution in [3.8, 4) is 0 Å². The molecule has 0 spiro atoms. The summed E-state index contributed by atoms with van der Waals surface area (Å²) in [6, 6.07) is 4.60. The molecule has 0 aromatic carbocycles. The highest BCUT2D eigenvalue weighted by Gasteiger charge is 2.13. The SMILES string of the molecule is CCCCCCOCC(O)CNC(CCC)c1cccs1. The maximum absolute atomic E-state index is 9.98. The summed E-state index contributed by atoms with van der Waals surface area (Å²) >= 11 is 1.78. The van der Waals surface area contributed by atoms with Crippen LogP contribution in [0, 0.1) is 0 Å². The predicted molar refractivity (Wildman–Crippen MR) is 90.9 cm³/mol. The number of thiophene rings is 1. The van der Waals surface area contributed by atoms with Gasteiger partial charge in [0.2, 0.25) is 0 Å². The highest BCUT2D eigenvalue weighted by Crippen LogP contribution is 2.22. The van der Waals surface area contributed by atoms with Crippen molar-refractivity contribution in [3.63, 3.8) is 0 Å². The zero-order valence-corrected chi connectivity index (χ0v) is 14.3. The molecule has 3 nitrogen and oxygen atoms in total. The number of ether oxygens (including phenoxy) is 1. The molecule has 0 saturated heterocycles. The number of aliphatic hydroxyl groups excluding tert-OH is 1. The normalized spacial score (nSPS) is 14.2. The van der Waals surface area contributed by atoms with E-state index in [1.54, 1.807) is 11.3 Å². The second kappa shape index (κ2) is 12.2. The third kappa shape index (κ3) is 8.57. The molecular weight excluding hydrogens is 282 g/mol. The van der Waals surface area contributed by atoms with E-state index >= 15 is 0 Å². The zero-order chi connectivity index (χ0) is 15.3. The summed E-state index contributed by atoms with van der Waals surface area (Å²) < 4.78 is 5.54. The van der Waals surface area contributed by atoms with Crippen LogP contribution in [0.25, 0.3) is 0 Å². The number of nitrogens with one attached hydrogen (secondary N) is 1. The van der Waals surface area contributed by atoms with Gasteiger partial charge in [0.15, 0.2) is 0 Å². The van der Waals surface area contributed by atoms with Crippen molar-refractivity contribution in [2.45, 2.75) is 64.5 Å². The third-order valence-corrected chi connectivity index (χ3v) is 4.50. The minimum Gasteiger partial charge on any atom is -0.389 e. The van der Waals surface area contributed by atoms with E-state index in [2.05, 4.69) is 36.7 Å². The van der Waals surface area contributed by atoms with Gasteiger partial charge >= 0.3 is 0 Å². The van der Waals surface area contributed by atoms with Crippen LogP contribution in [0.4, 0.5) is 0 Å². The van der Waals surface area contributed by atoms with Crippen molar-refractivity contribution >= 4 is 11.3 Å². The molecule has 0 saturated carbocycles. The van der Waals surface area contributed by atoms with E-state index in [1.165, 1.54) is 24.1 Å².